The van der Waals surface area contributed by atoms with E-state index in [1.54, 1.807) is 6.20 Å². The van der Waals surface area contributed by atoms with Gasteiger partial charge >= 0.3 is 0 Å². The Balaban J connectivity index is 1.29. The SMILES string of the molecule is O=C(CCC1CN(C(=O)c2cn[nH]c2-c2ccccc2)CC12CCC2)N1CCCC1. The summed E-state index contributed by atoms with van der Waals surface area (Å²) >= 11 is 0. The summed E-state index contributed by atoms with van der Waals surface area (Å²) in [6.07, 6.45) is 9.03. The van der Waals surface area contributed by atoms with Crippen LogP contribution in [0.4, 0.5) is 0 Å². The fourth-order valence-electron chi connectivity index (χ4n) is 5.65. The lowest BCUT2D eigenvalue weighted by Gasteiger charge is -2.43. The van der Waals surface area contributed by atoms with E-state index in [0.717, 1.165) is 56.7 Å². The number of aromatic amines is 1. The van der Waals surface area contributed by atoms with Crippen LogP contribution in [0.15, 0.2) is 36.5 Å². The summed E-state index contributed by atoms with van der Waals surface area (Å²) in [5, 5.41) is 7.17. The number of carbonyl (C=O) groups excluding carboxylic acids is 2. The van der Waals surface area contributed by atoms with Gasteiger partial charge in [-0.05, 0) is 43.4 Å². The molecule has 1 aromatic heterocycles. The van der Waals surface area contributed by atoms with Crippen LogP contribution < -0.4 is 0 Å². The first-order chi connectivity index (χ1) is 14.7. The molecule has 3 fully saturated rings. The first-order valence-corrected chi connectivity index (χ1v) is 11.3. The van der Waals surface area contributed by atoms with Gasteiger partial charge in [0.2, 0.25) is 5.91 Å². The largest absolute Gasteiger partial charge is 0.343 e. The van der Waals surface area contributed by atoms with Crippen molar-refractivity contribution < 1.29 is 9.59 Å². The van der Waals surface area contributed by atoms with E-state index in [4.69, 9.17) is 0 Å². The lowest BCUT2D eigenvalue weighted by Crippen LogP contribution is -2.39. The molecule has 6 nitrogen and oxygen atoms in total. The van der Waals surface area contributed by atoms with E-state index in [1.165, 1.54) is 19.3 Å². The predicted molar refractivity (Wildman–Crippen MR) is 115 cm³/mol. The molecule has 30 heavy (non-hydrogen) atoms. The second-order valence-corrected chi connectivity index (χ2v) is 9.25. The number of hydrogen-bond donors (Lipinski definition) is 1. The molecule has 1 N–H and O–H groups in total. The molecule has 5 rings (SSSR count). The highest BCUT2D eigenvalue weighted by Gasteiger charge is 2.51. The summed E-state index contributed by atoms with van der Waals surface area (Å²) in [7, 11) is 0. The molecule has 1 aliphatic carbocycles. The van der Waals surface area contributed by atoms with Crippen molar-refractivity contribution in [3.05, 3.63) is 42.1 Å². The highest BCUT2D eigenvalue weighted by atomic mass is 16.2. The molecule has 1 unspecified atom stereocenters. The number of amides is 2. The summed E-state index contributed by atoms with van der Waals surface area (Å²) in [5.41, 5.74) is 2.63. The maximum Gasteiger partial charge on any atom is 0.257 e. The van der Waals surface area contributed by atoms with Crippen molar-refractivity contribution >= 4 is 11.8 Å². The Morgan fingerprint density at radius 2 is 1.83 bits per heavy atom. The lowest BCUT2D eigenvalue weighted by molar-refractivity contribution is -0.130. The molecule has 2 saturated heterocycles. The normalized spacial score (nSPS) is 22.5. The van der Waals surface area contributed by atoms with E-state index in [9.17, 15) is 9.59 Å². The second-order valence-electron chi connectivity index (χ2n) is 9.25. The van der Waals surface area contributed by atoms with E-state index in [1.807, 2.05) is 40.1 Å². The molecule has 0 bridgehead atoms. The second kappa shape index (κ2) is 7.89. The number of hydrogen-bond acceptors (Lipinski definition) is 3. The molecule has 3 aliphatic rings. The van der Waals surface area contributed by atoms with Gasteiger partial charge in [-0.3, -0.25) is 14.7 Å². The zero-order valence-corrected chi connectivity index (χ0v) is 17.5. The monoisotopic (exact) mass is 406 g/mol. The van der Waals surface area contributed by atoms with Gasteiger partial charge in [-0.2, -0.15) is 5.10 Å². The predicted octanol–water partition coefficient (Wildman–Crippen LogP) is 3.72. The minimum absolute atomic E-state index is 0.0576. The standard InChI is InChI=1S/C24H30N4O2/c29-21(27-13-4-5-14-27)10-9-19-16-28(17-24(19)11-6-12-24)23(30)20-15-25-26-22(20)18-7-2-1-3-8-18/h1-3,7-8,15,19H,4-6,9-14,16-17H2,(H,25,26). The summed E-state index contributed by atoms with van der Waals surface area (Å²) in [6, 6.07) is 9.90. The van der Waals surface area contributed by atoms with Gasteiger partial charge in [0.1, 0.15) is 0 Å². The van der Waals surface area contributed by atoms with Gasteiger partial charge in [0, 0.05) is 38.2 Å². The quantitative estimate of drug-likeness (QED) is 0.823. The zero-order valence-electron chi connectivity index (χ0n) is 17.5. The molecule has 1 saturated carbocycles. The van der Waals surface area contributed by atoms with Crippen LogP contribution >= 0.6 is 0 Å². The molecule has 0 radical (unpaired) electrons. The number of rotatable bonds is 5. The van der Waals surface area contributed by atoms with E-state index in [-0.39, 0.29) is 11.3 Å². The first kappa shape index (κ1) is 19.3. The third-order valence-corrected chi connectivity index (χ3v) is 7.55. The summed E-state index contributed by atoms with van der Waals surface area (Å²) < 4.78 is 0. The molecule has 1 aromatic carbocycles. The van der Waals surface area contributed by atoms with Crippen LogP contribution in [0, 0.1) is 11.3 Å². The minimum Gasteiger partial charge on any atom is -0.343 e. The Hall–Kier alpha value is -2.63. The van der Waals surface area contributed by atoms with Gasteiger partial charge in [-0.25, -0.2) is 0 Å². The Labute approximate surface area is 177 Å². The maximum atomic E-state index is 13.4. The molecule has 2 aromatic rings. The molecule has 2 amide bonds. The molecule has 6 heteroatoms. The van der Waals surface area contributed by atoms with Crippen LogP contribution in [-0.2, 0) is 4.79 Å². The number of aromatic nitrogens is 2. The van der Waals surface area contributed by atoms with Gasteiger partial charge in [0.15, 0.2) is 0 Å². The van der Waals surface area contributed by atoms with Gasteiger partial charge in [-0.15, -0.1) is 0 Å². The summed E-state index contributed by atoms with van der Waals surface area (Å²) in [4.78, 5) is 30.0. The van der Waals surface area contributed by atoms with Gasteiger partial charge in [0.25, 0.3) is 5.91 Å². The van der Waals surface area contributed by atoms with Crippen LogP contribution in [-0.4, -0.2) is 58.0 Å². The molecular weight excluding hydrogens is 376 g/mol. The minimum atomic E-state index is 0.0576. The Morgan fingerprint density at radius 3 is 2.53 bits per heavy atom. The molecular formula is C24H30N4O2. The number of nitrogens with one attached hydrogen (secondary N) is 1. The molecule has 1 atom stereocenters. The van der Waals surface area contributed by atoms with Crippen LogP contribution in [0.5, 0.6) is 0 Å². The van der Waals surface area contributed by atoms with E-state index < -0.39 is 0 Å². The molecule has 158 valence electrons. The van der Waals surface area contributed by atoms with Crippen LogP contribution in [0.25, 0.3) is 11.3 Å². The Kier molecular flexibility index (Phi) is 5.09. The van der Waals surface area contributed by atoms with Crippen molar-refractivity contribution in [2.24, 2.45) is 11.3 Å². The third-order valence-electron chi connectivity index (χ3n) is 7.55. The van der Waals surface area contributed by atoms with E-state index in [0.29, 0.717) is 23.8 Å². The number of likely N-dealkylation sites (tertiary alicyclic amines) is 2. The zero-order chi connectivity index (χ0) is 20.6. The van der Waals surface area contributed by atoms with Crippen LogP contribution in [0.2, 0.25) is 0 Å². The molecule has 3 heterocycles. The molecule has 2 aliphatic heterocycles. The number of nitrogens with zero attached hydrogens (tertiary/aromatic N) is 3. The lowest BCUT2D eigenvalue weighted by atomic mass is 9.62. The average Bonchev–Trinajstić information content (AvgIpc) is 3.51. The number of carbonyl (C=O) groups is 2. The molecule has 1 spiro atoms. The van der Waals surface area contributed by atoms with E-state index in [2.05, 4.69) is 10.2 Å². The highest BCUT2D eigenvalue weighted by molar-refractivity contribution is 6.00. The fraction of sp³-hybridized carbons (Fsp3) is 0.542. The topological polar surface area (TPSA) is 69.3 Å². The third kappa shape index (κ3) is 3.42. The van der Waals surface area contributed by atoms with Crippen molar-refractivity contribution in [2.75, 3.05) is 26.2 Å². The van der Waals surface area contributed by atoms with Crippen LogP contribution in [0.1, 0.15) is 55.3 Å². The summed E-state index contributed by atoms with van der Waals surface area (Å²) in [5.74, 6) is 0.782. The fourth-order valence-corrected chi connectivity index (χ4v) is 5.65. The van der Waals surface area contributed by atoms with E-state index >= 15 is 0 Å². The smallest absolute Gasteiger partial charge is 0.257 e. The van der Waals surface area contributed by atoms with Crippen molar-refractivity contribution in [2.45, 2.75) is 44.9 Å². The Bertz CT molecular complexity index is 912. The van der Waals surface area contributed by atoms with Gasteiger partial charge in [0.05, 0.1) is 17.5 Å². The average molecular weight is 407 g/mol. The van der Waals surface area contributed by atoms with Gasteiger partial charge in [-0.1, -0.05) is 36.8 Å². The van der Waals surface area contributed by atoms with Crippen LogP contribution in [0.3, 0.4) is 0 Å². The number of H-pyrrole nitrogens is 1. The number of benzene rings is 1. The Morgan fingerprint density at radius 1 is 1.07 bits per heavy atom. The first-order valence-electron chi connectivity index (χ1n) is 11.3. The van der Waals surface area contributed by atoms with Gasteiger partial charge < -0.3 is 9.80 Å². The summed E-state index contributed by atoms with van der Waals surface area (Å²) in [6.45, 7) is 3.41. The van der Waals surface area contributed by atoms with Crippen molar-refractivity contribution in [3.8, 4) is 11.3 Å². The van der Waals surface area contributed by atoms with Crippen molar-refractivity contribution in [3.63, 3.8) is 0 Å². The van der Waals surface area contributed by atoms with Crippen molar-refractivity contribution in [1.82, 2.24) is 20.0 Å². The van der Waals surface area contributed by atoms with Crippen molar-refractivity contribution in [1.29, 1.82) is 0 Å². The maximum absolute atomic E-state index is 13.4. The highest BCUT2D eigenvalue weighted by Crippen LogP contribution is 2.53.